The molecule has 0 radical (unpaired) electrons. The van der Waals surface area contributed by atoms with Gasteiger partial charge in [-0.15, -0.1) is 11.3 Å². The molecule has 0 aliphatic rings. The van der Waals surface area contributed by atoms with Gasteiger partial charge >= 0.3 is 0 Å². The summed E-state index contributed by atoms with van der Waals surface area (Å²) in [6.07, 6.45) is 0.524. The summed E-state index contributed by atoms with van der Waals surface area (Å²) in [6, 6.07) is 3.64. The zero-order valence-electron chi connectivity index (χ0n) is 10.6. The maximum atomic E-state index is 11.9. The predicted molar refractivity (Wildman–Crippen MR) is 68.4 cm³/mol. The highest BCUT2D eigenvalue weighted by atomic mass is 32.1. The third-order valence-corrected chi connectivity index (χ3v) is 3.69. The minimum absolute atomic E-state index is 0.0821. The summed E-state index contributed by atoms with van der Waals surface area (Å²) in [5, 5.41) is 2.86. The fourth-order valence-electron chi connectivity index (χ4n) is 1.54. The van der Waals surface area contributed by atoms with E-state index in [1.807, 2.05) is 19.1 Å². The van der Waals surface area contributed by atoms with Crippen molar-refractivity contribution in [3.63, 3.8) is 0 Å². The molecule has 1 N–H and O–H groups in total. The molecule has 1 amide bonds. The Morgan fingerprint density at radius 2 is 2.06 bits per heavy atom. The van der Waals surface area contributed by atoms with Gasteiger partial charge in [-0.3, -0.25) is 4.79 Å². The highest BCUT2D eigenvalue weighted by Crippen LogP contribution is 2.17. The first-order chi connectivity index (χ1) is 8.12. The molecule has 0 fully saturated rings. The Bertz CT molecular complexity index is 360. The lowest BCUT2D eigenvalue weighted by atomic mass is 10.3. The van der Waals surface area contributed by atoms with E-state index in [2.05, 4.69) is 12.2 Å². The normalized spacial score (nSPS) is 12.8. The molecule has 0 saturated heterocycles. The van der Waals surface area contributed by atoms with Crippen LogP contribution in [-0.4, -0.2) is 32.5 Å². The Hall–Kier alpha value is -0.910. The van der Waals surface area contributed by atoms with Gasteiger partial charge in [0.2, 0.25) is 0 Å². The Balaban J connectivity index is 2.59. The monoisotopic (exact) mass is 257 g/mol. The van der Waals surface area contributed by atoms with Gasteiger partial charge in [0.1, 0.15) is 0 Å². The summed E-state index contributed by atoms with van der Waals surface area (Å²) in [5.74, 6) is -0.0821. The lowest BCUT2D eigenvalue weighted by Crippen LogP contribution is -2.42. The van der Waals surface area contributed by atoms with Gasteiger partial charge in [0.15, 0.2) is 6.29 Å². The van der Waals surface area contributed by atoms with Crippen molar-refractivity contribution in [2.45, 2.75) is 32.6 Å². The van der Waals surface area contributed by atoms with Crippen LogP contribution in [0.2, 0.25) is 0 Å². The second-order valence-electron chi connectivity index (χ2n) is 3.72. The van der Waals surface area contributed by atoms with Crippen molar-refractivity contribution >= 4 is 17.2 Å². The number of ether oxygens (including phenoxy) is 2. The van der Waals surface area contributed by atoms with E-state index in [0.717, 1.165) is 11.3 Å². The first kappa shape index (κ1) is 14.2. The summed E-state index contributed by atoms with van der Waals surface area (Å²) >= 11 is 1.52. The van der Waals surface area contributed by atoms with Crippen LogP contribution in [0.3, 0.4) is 0 Å². The topological polar surface area (TPSA) is 47.6 Å². The number of methoxy groups -OCH3 is 2. The largest absolute Gasteiger partial charge is 0.354 e. The first-order valence-electron chi connectivity index (χ1n) is 5.57. The number of hydrogen-bond acceptors (Lipinski definition) is 4. The highest BCUT2D eigenvalue weighted by molar-refractivity contribution is 7.14. The Labute approximate surface area is 106 Å². The van der Waals surface area contributed by atoms with E-state index in [1.165, 1.54) is 16.2 Å². The molecule has 0 aliphatic heterocycles. The summed E-state index contributed by atoms with van der Waals surface area (Å²) in [6.45, 7) is 3.92. The summed E-state index contributed by atoms with van der Waals surface area (Å²) < 4.78 is 10.2. The lowest BCUT2D eigenvalue weighted by molar-refractivity contribution is -0.117. The number of thiophene rings is 1. The van der Waals surface area contributed by atoms with Crippen molar-refractivity contribution in [3.8, 4) is 0 Å². The first-order valence-corrected chi connectivity index (χ1v) is 6.39. The van der Waals surface area contributed by atoms with Crippen LogP contribution in [0, 0.1) is 0 Å². The number of amides is 1. The molecule has 0 saturated carbocycles. The molecule has 0 aliphatic carbocycles. The Kier molecular flexibility index (Phi) is 5.61. The van der Waals surface area contributed by atoms with Crippen molar-refractivity contribution in [2.24, 2.45) is 0 Å². The van der Waals surface area contributed by atoms with Crippen LogP contribution in [0.15, 0.2) is 12.1 Å². The second-order valence-corrected chi connectivity index (χ2v) is 4.89. The Morgan fingerprint density at radius 3 is 2.53 bits per heavy atom. The molecule has 0 spiro atoms. The molecule has 1 aromatic heterocycles. The molecule has 1 aromatic rings. The molecular formula is C12H19NO3S. The predicted octanol–water partition coefficient (Wildman–Crippen LogP) is 2.05. The smallest absolute Gasteiger partial charge is 0.261 e. The van der Waals surface area contributed by atoms with E-state index < -0.39 is 6.29 Å². The van der Waals surface area contributed by atoms with E-state index in [4.69, 9.17) is 9.47 Å². The fraction of sp³-hybridized carbons (Fsp3) is 0.583. The number of nitrogens with one attached hydrogen (secondary N) is 1. The van der Waals surface area contributed by atoms with Crippen LogP contribution in [0.1, 0.15) is 28.4 Å². The van der Waals surface area contributed by atoms with E-state index in [1.54, 1.807) is 14.2 Å². The minimum Gasteiger partial charge on any atom is -0.354 e. The zero-order valence-corrected chi connectivity index (χ0v) is 11.5. The molecule has 17 heavy (non-hydrogen) atoms. The van der Waals surface area contributed by atoms with Gasteiger partial charge in [-0.2, -0.15) is 0 Å². The Morgan fingerprint density at radius 1 is 1.41 bits per heavy atom. The molecule has 1 unspecified atom stereocenters. The number of rotatable bonds is 6. The molecule has 1 rings (SSSR count). The average Bonchev–Trinajstić information content (AvgIpc) is 2.79. The van der Waals surface area contributed by atoms with Crippen molar-refractivity contribution in [2.75, 3.05) is 14.2 Å². The highest BCUT2D eigenvalue weighted by Gasteiger charge is 2.19. The second kappa shape index (κ2) is 6.74. The number of carbonyl (C=O) groups excluding carboxylic acids is 1. The standard InChI is InChI=1S/C12H19NO3S/c1-5-9-6-7-10(17-9)11(14)13-8(2)12(15-3)16-4/h6-8,12H,5H2,1-4H3,(H,13,14). The molecule has 1 heterocycles. The van der Waals surface area contributed by atoms with Crippen LogP contribution in [0.25, 0.3) is 0 Å². The van der Waals surface area contributed by atoms with Crippen molar-refractivity contribution in [3.05, 3.63) is 21.9 Å². The van der Waals surface area contributed by atoms with Gasteiger partial charge in [-0.1, -0.05) is 6.92 Å². The molecule has 96 valence electrons. The molecule has 4 nitrogen and oxygen atoms in total. The fourth-order valence-corrected chi connectivity index (χ4v) is 2.39. The molecule has 1 atom stereocenters. The van der Waals surface area contributed by atoms with Gasteiger partial charge < -0.3 is 14.8 Å². The number of aryl methyl sites for hydroxylation is 1. The molecule has 0 aromatic carbocycles. The van der Waals surface area contributed by atoms with Crippen molar-refractivity contribution in [1.29, 1.82) is 0 Å². The third kappa shape index (κ3) is 3.80. The van der Waals surface area contributed by atoms with Crippen LogP contribution in [0.5, 0.6) is 0 Å². The van der Waals surface area contributed by atoms with E-state index >= 15 is 0 Å². The maximum Gasteiger partial charge on any atom is 0.261 e. The van der Waals surface area contributed by atoms with Gasteiger partial charge in [-0.25, -0.2) is 0 Å². The minimum atomic E-state index is -0.426. The van der Waals surface area contributed by atoms with E-state index in [0.29, 0.717) is 0 Å². The average molecular weight is 257 g/mol. The molecular weight excluding hydrogens is 238 g/mol. The third-order valence-electron chi connectivity index (χ3n) is 2.47. The molecule has 0 bridgehead atoms. The van der Waals surface area contributed by atoms with Crippen LogP contribution in [-0.2, 0) is 15.9 Å². The SMILES string of the molecule is CCc1ccc(C(=O)NC(C)C(OC)OC)s1. The summed E-state index contributed by atoms with van der Waals surface area (Å²) in [4.78, 5) is 13.8. The van der Waals surface area contributed by atoms with Crippen molar-refractivity contribution < 1.29 is 14.3 Å². The quantitative estimate of drug-likeness (QED) is 0.793. The molecule has 5 heteroatoms. The van der Waals surface area contributed by atoms with Crippen LogP contribution >= 0.6 is 11.3 Å². The number of carbonyl (C=O) groups is 1. The van der Waals surface area contributed by atoms with E-state index in [9.17, 15) is 4.79 Å². The summed E-state index contributed by atoms with van der Waals surface area (Å²) in [5.41, 5.74) is 0. The summed E-state index contributed by atoms with van der Waals surface area (Å²) in [7, 11) is 3.11. The van der Waals surface area contributed by atoms with E-state index in [-0.39, 0.29) is 11.9 Å². The van der Waals surface area contributed by atoms with Gasteiger partial charge in [0, 0.05) is 19.1 Å². The lowest BCUT2D eigenvalue weighted by Gasteiger charge is -2.21. The van der Waals surface area contributed by atoms with Crippen LogP contribution < -0.4 is 5.32 Å². The maximum absolute atomic E-state index is 11.9. The number of hydrogen-bond donors (Lipinski definition) is 1. The van der Waals surface area contributed by atoms with Gasteiger partial charge in [0.05, 0.1) is 10.9 Å². The van der Waals surface area contributed by atoms with Gasteiger partial charge in [0.25, 0.3) is 5.91 Å². The van der Waals surface area contributed by atoms with Crippen molar-refractivity contribution in [1.82, 2.24) is 5.32 Å². The van der Waals surface area contributed by atoms with Gasteiger partial charge in [-0.05, 0) is 25.5 Å². The van der Waals surface area contributed by atoms with Crippen LogP contribution in [0.4, 0.5) is 0 Å². The zero-order chi connectivity index (χ0) is 12.8.